The smallest absolute Gasteiger partial charge is 0.370 e. The van der Waals surface area contributed by atoms with Gasteiger partial charge in [-0.2, -0.15) is 33.6 Å². The Morgan fingerprint density at radius 1 is 1.12 bits per heavy atom. The molecule has 48 heavy (non-hydrogen) atoms. The van der Waals surface area contributed by atoms with E-state index in [9.17, 15) is 18.0 Å². The maximum Gasteiger partial charge on any atom is 0.446 e. The standard InChI is InChI=1S/C32H38F3N11OS/c1-19(36)4-2-5-20-12-22(14-26(13-20)48-32(33,34)35)28-15-23-18-46(31(47)43-29(23)42-28)25-8-6-21(7-9-25)27(16-24-17-41-45-44-24)39-10-3-11-40-30(37)38/h6-9,12-15,17-19,27,39H,2-5,10-11,16,36H2,1H3,(H4,37,38,40)(H,41,44,45)(H,42,43,47)/t19-,27-/m0/s1. The van der Waals surface area contributed by atoms with E-state index < -0.39 is 11.2 Å². The van der Waals surface area contributed by atoms with Gasteiger partial charge >= 0.3 is 11.2 Å². The number of guanidine groups is 1. The lowest BCUT2D eigenvalue weighted by Gasteiger charge is -2.19. The molecule has 12 nitrogen and oxygen atoms in total. The molecule has 3 heterocycles. The number of rotatable bonds is 15. The first-order valence-electron chi connectivity index (χ1n) is 15.5. The fourth-order valence-corrected chi connectivity index (χ4v) is 6.05. The van der Waals surface area contributed by atoms with Crippen molar-refractivity contribution in [1.29, 1.82) is 0 Å². The molecule has 2 aromatic carbocycles. The lowest BCUT2D eigenvalue weighted by atomic mass is 10.0. The highest BCUT2D eigenvalue weighted by Gasteiger charge is 2.29. The summed E-state index contributed by atoms with van der Waals surface area (Å²) in [6.07, 6.45) is 6.75. The van der Waals surface area contributed by atoms with Gasteiger partial charge in [-0.1, -0.05) is 12.1 Å². The molecule has 9 N–H and O–H groups in total. The second-order valence-electron chi connectivity index (χ2n) is 11.6. The number of hydrogen-bond acceptors (Lipinski definition) is 8. The van der Waals surface area contributed by atoms with Crippen LogP contribution in [0.5, 0.6) is 0 Å². The van der Waals surface area contributed by atoms with Crippen molar-refractivity contribution in [2.75, 3.05) is 13.1 Å². The summed E-state index contributed by atoms with van der Waals surface area (Å²) in [7, 11) is 0. The molecule has 5 aromatic rings. The van der Waals surface area contributed by atoms with E-state index >= 15 is 0 Å². The topological polar surface area (TPSA) is 195 Å². The number of aliphatic imine (C=N–C) groups is 1. The van der Waals surface area contributed by atoms with Crippen LogP contribution in [0.15, 0.2) is 75.6 Å². The molecule has 0 fully saturated rings. The number of nitrogens with one attached hydrogen (secondary N) is 3. The zero-order valence-electron chi connectivity index (χ0n) is 26.3. The molecular weight excluding hydrogens is 643 g/mol. The zero-order valence-corrected chi connectivity index (χ0v) is 27.1. The van der Waals surface area contributed by atoms with Crippen molar-refractivity contribution >= 4 is 28.8 Å². The normalized spacial score (nSPS) is 13.1. The minimum Gasteiger partial charge on any atom is -0.370 e. The summed E-state index contributed by atoms with van der Waals surface area (Å²) in [5.41, 5.74) is 16.4. The number of aromatic amines is 2. The summed E-state index contributed by atoms with van der Waals surface area (Å²) in [5, 5.41) is 14.9. The van der Waals surface area contributed by atoms with Gasteiger partial charge in [0.05, 0.1) is 17.6 Å². The first-order valence-corrected chi connectivity index (χ1v) is 16.3. The van der Waals surface area contributed by atoms with E-state index in [2.05, 4.69) is 35.7 Å². The third kappa shape index (κ3) is 9.68. The van der Waals surface area contributed by atoms with Gasteiger partial charge in [0.1, 0.15) is 5.65 Å². The fraction of sp³-hybridized carbons (Fsp3) is 0.344. The third-order valence-corrected chi connectivity index (χ3v) is 8.32. The molecule has 0 radical (unpaired) electrons. The van der Waals surface area contributed by atoms with Crippen molar-refractivity contribution in [2.24, 2.45) is 22.2 Å². The van der Waals surface area contributed by atoms with Gasteiger partial charge in [-0.05, 0) is 104 Å². The van der Waals surface area contributed by atoms with Gasteiger partial charge in [-0.25, -0.2) is 4.79 Å². The van der Waals surface area contributed by atoms with Crippen LogP contribution >= 0.6 is 11.8 Å². The lowest BCUT2D eigenvalue weighted by Crippen LogP contribution is -2.26. The third-order valence-electron chi connectivity index (χ3n) is 7.62. The van der Waals surface area contributed by atoms with Crippen LogP contribution < -0.4 is 28.2 Å². The maximum atomic E-state index is 13.3. The molecule has 0 amide bonds. The van der Waals surface area contributed by atoms with E-state index in [-0.39, 0.29) is 34.7 Å². The summed E-state index contributed by atoms with van der Waals surface area (Å²) in [6.45, 7) is 3.06. The van der Waals surface area contributed by atoms with Crippen molar-refractivity contribution in [2.45, 2.75) is 61.5 Å². The highest BCUT2D eigenvalue weighted by Crippen LogP contribution is 2.39. The molecule has 0 bridgehead atoms. The van der Waals surface area contributed by atoms with Crippen LogP contribution in [0.4, 0.5) is 13.2 Å². The Morgan fingerprint density at radius 2 is 1.92 bits per heavy atom. The average molecular weight is 682 g/mol. The van der Waals surface area contributed by atoms with Crippen LogP contribution in [0.1, 0.15) is 49.0 Å². The summed E-state index contributed by atoms with van der Waals surface area (Å²) < 4.78 is 41.4. The minimum atomic E-state index is -4.43. The number of nitrogens with two attached hydrogens (primary N) is 3. The molecule has 5 rings (SSSR count). The van der Waals surface area contributed by atoms with E-state index in [1.165, 1.54) is 10.6 Å². The molecular formula is C32H38F3N11OS. The Labute approximate surface area is 278 Å². The zero-order chi connectivity index (χ0) is 34.3. The largest absolute Gasteiger partial charge is 0.446 e. The van der Waals surface area contributed by atoms with E-state index in [0.717, 1.165) is 36.1 Å². The molecule has 0 aliphatic heterocycles. The average Bonchev–Trinajstić information content (AvgIpc) is 3.68. The van der Waals surface area contributed by atoms with Crippen LogP contribution in [-0.2, 0) is 12.8 Å². The molecule has 0 unspecified atom stereocenters. The van der Waals surface area contributed by atoms with Gasteiger partial charge in [0.2, 0.25) is 0 Å². The second-order valence-corrected chi connectivity index (χ2v) is 12.7. The van der Waals surface area contributed by atoms with Gasteiger partial charge in [0.15, 0.2) is 5.96 Å². The SMILES string of the molecule is C[C@H](N)CCCc1cc(SC(F)(F)F)cc(-c2cc3cn(-c4ccc([C@H](Cc5cn[nH]n5)NCCCN=C(N)N)cc4)c(=O)nc3[nH]2)c1. The number of H-pyrrole nitrogens is 2. The van der Waals surface area contributed by atoms with E-state index in [0.29, 0.717) is 53.9 Å². The highest BCUT2D eigenvalue weighted by atomic mass is 32.2. The molecule has 0 aliphatic rings. The van der Waals surface area contributed by atoms with Crippen molar-refractivity contribution in [3.63, 3.8) is 0 Å². The first kappa shape index (κ1) is 34.7. The number of alkyl halides is 3. The molecule has 254 valence electrons. The van der Waals surface area contributed by atoms with Crippen LogP contribution in [0.25, 0.3) is 28.0 Å². The number of benzene rings is 2. The predicted octanol–water partition coefficient (Wildman–Crippen LogP) is 4.32. The van der Waals surface area contributed by atoms with Gasteiger partial charge in [0.25, 0.3) is 0 Å². The van der Waals surface area contributed by atoms with Gasteiger partial charge in [-0.3, -0.25) is 9.56 Å². The first-order chi connectivity index (χ1) is 22.9. The fourth-order valence-electron chi connectivity index (χ4n) is 5.39. The van der Waals surface area contributed by atoms with E-state index in [1.54, 1.807) is 24.5 Å². The Balaban J connectivity index is 1.39. The van der Waals surface area contributed by atoms with Gasteiger partial charge in [0, 0.05) is 47.2 Å². The molecule has 0 saturated heterocycles. The number of aryl methyl sites for hydroxylation is 1. The second kappa shape index (κ2) is 15.5. The summed E-state index contributed by atoms with van der Waals surface area (Å²) in [4.78, 5) is 24.6. The minimum absolute atomic E-state index is 0.00607. The number of nitrogens with zero attached hydrogens (tertiary/aromatic N) is 5. The van der Waals surface area contributed by atoms with Crippen molar-refractivity contribution in [1.82, 2.24) is 35.3 Å². The number of thioether (sulfide) groups is 1. The van der Waals surface area contributed by atoms with Crippen molar-refractivity contribution < 1.29 is 13.2 Å². The van der Waals surface area contributed by atoms with Crippen molar-refractivity contribution in [3.8, 4) is 16.9 Å². The van der Waals surface area contributed by atoms with Gasteiger partial charge in [-0.15, -0.1) is 0 Å². The van der Waals surface area contributed by atoms with Crippen LogP contribution in [0.3, 0.4) is 0 Å². The number of fused-ring (bicyclic) bond motifs is 1. The van der Waals surface area contributed by atoms with E-state index in [4.69, 9.17) is 17.2 Å². The van der Waals surface area contributed by atoms with Crippen LogP contribution in [0, 0.1) is 0 Å². The summed E-state index contributed by atoms with van der Waals surface area (Å²) in [5.74, 6) is 0.0515. The monoisotopic (exact) mass is 681 g/mol. The highest BCUT2D eigenvalue weighted by molar-refractivity contribution is 8.00. The number of aromatic nitrogens is 6. The van der Waals surface area contributed by atoms with Crippen LogP contribution in [0.2, 0.25) is 0 Å². The Bertz CT molecular complexity index is 1880. The predicted molar refractivity (Wildman–Crippen MR) is 182 cm³/mol. The summed E-state index contributed by atoms with van der Waals surface area (Å²) in [6, 6.07) is 14.1. The molecule has 16 heteroatoms. The molecule has 0 saturated carbocycles. The molecule has 2 atom stereocenters. The number of halogens is 3. The van der Waals surface area contributed by atoms with Crippen molar-refractivity contribution in [3.05, 3.63) is 88.2 Å². The molecule has 0 aliphatic carbocycles. The lowest BCUT2D eigenvalue weighted by molar-refractivity contribution is -0.0328. The Kier molecular flexibility index (Phi) is 11.2. The number of hydrogen-bond donors (Lipinski definition) is 6. The van der Waals surface area contributed by atoms with E-state index in [1.807, 2.05) is 37.3 Å². The van der Waals surface area contributed by atoms with Crippen LogP contribution in [-0.4, -0.2) is 60.5 Å². The quantitative estimate of drug-likeness (QED) is 0.0404. The summed E-state index contributed by atoms with van der Waals surface area (Å²) >= 11 is -0.151. The Hall–Kier alpha value is -4.67. The Morgan fingerprint density at radius 3 is 2.60 bits per heavy atom. The van der Waals surface area contributed by atoms with Gasteiger partial charge < -0.3 is 27.5 Å². The molecule has 0 spiro atoms. The molecule has 3 aromatic heterocycles. The maximum absolute atomic E-state index is 13.3.